The highest BCUT2D eigenvalue weighted by atomic mass is 32.1. The summed E-state index contributed by atoms with van der Waals surface area (Å²) in [5, 5.41) is 6.62. The van der Waals surface area contributed by atoms with Crippen LogP contribution in [0.5, 0.6) is 5.75 Å². The van der Waals surface area contributed by atoms with Gasteiger partial charge in [0.05, 0.1) is 24.8 Å². The van der Waals surface area contributed by atoms with Crippen LogP contribution in [0.15, 0.2) is 35.5 Å². The Kier molecular flexibility index (Phi) is 8.06. The Morgan fingerprint density at radius 2 is 1.89 bits per heavy atom. The number of benzene rings is 1. The van der Waals surface area contributed by atoms with Gasteiger partial charge in [-0.15, -0.1) is 0 Å². The van der Waals surface area contributed by atoms with Crippen molar-refractivity contribution in [1.82, 2.24) is 10.6 Å². The van der Waals surface area contributed by atoms with Crippen molar-refractivity contribution in [2.75, 3.05) is 26.9 Å². The topological polar surface area (TPSA) is 68.8 Å². The third kappa shape index (κ3) is 6.22. The molecular formula is C20H28N2O4S. The quantitative estimate of drug-likeness (QED) is 0.380. The monoisotopic (exact) mass is 392 g/mol. The highest BCUT2D eigenvalue weighted by molar-refractivity contribution is 7.80. The molecule has 1 aliphatic rings. The Hall–Kier alpha value is -2.12. The lowest BCUT2D eigenvalue weighted by molar-refractivity contribution is -0.140. The highest BCUT2D eigenvalue weighted by Gasteiger charge is 2.30. The molecule has 2 N–H and O–H groups in total. The van der Waals surface area contributed by atoms with Crippen molar-refractivity contribution < 1.29 is 19.0 Å². The molecule has 0 saturated carbocycles. The zero-order valence-corrected chi connectivity index (χ0v) is 17.2. The summed E-state index contributed by atoms with van der Waals surface area (Å²) in [6.45, 7) is 7.38. The van der Waals surface area contributed by atoms with E-state index >= 15 is 0 Å². The normalized spacial score (nSPS) is 16.8. The van der Waals surface area contributed by atoms with E-state index in [9.17, 15) is 4.79 Å². The van der Waals surface area contributed by atoms with E-state index in [0.29, 0.717) is 35.5 Å². The maximum absolute atomic E-state index is 12.6. The summed E-state index contributed by atoms with van der Waals surface area (Å²) < 4.78 is 16.0. The molecule has 0 saturated heterocycles. The summed E-state index contributed by atoms with van der Waals surface area (Å²) in [6, 6.07) is 7.31. The number of carbonyl (C=O) groups excluding carboxylic acids is 1. The standard InChI is InChI=1S/C20H28N2O4S/c1-13(2)9-10-25-16-7-5-15(6-8-16)18-17(14(3)21-20(27)22-18)19(23)26-12-11-24-4/h5-8,13,18H,9-12H2,1-4H3,(H2,21,22,27)/t18-/m1/s1. The molecule has 0 unspecified atom stereocenters. The van der Waals surface area contributed by atoms with E-state index in [4.69, 9.17) is 26.4 Å². The van der Waals surface area contributed by atoms with Gasteiger partial charge < -0.3 is 24.8 Å². The molecule has 0 spiro atoms. The average Bonchev–Trinajstić information content (AvgIpc) is 2.61. The number of rotatable bonds is 9. The number of nitrogens with one attached hydrogen (secondary N) is 2. The van der Waals surface area contributed by atoms with Gasteiger partial charge in [-0.05, 0) is 49.2 Å². The average molecular weight is 393 g/mol. The maximum atomic E-state index is 12.6. The van der Waals surface area contributed by atoms with E-state index in [1.807, 2.05) is 31.2 Å². The first kappa shape index (κ1) is 21.2. The minimum atomic E-state index is -0.394. The molecular weight excluding hydrogens is 364 g/mol. The molecule has 1 aliphatic heterocycles. The zero-order valence-electron chi connectivity index (χ0n) is 16.3. The maximum Gasteiger partial charge on any atom is 0.338 e. The van der Waals surface area contributed by atoms with Crippen molar-refractivity contribution >= 4 is 23.3 Å². The van der Waals surface area contributed by atoms with Gasteiger partial charge >= 0.3 is 5.97 Å². The fourth-order valence-corrected chi connectivity index (χ4v) is 2.95. The Morgan fingerprint density at radius 3 is 2.52 bits per heavy atom. The van der Waals surface area contributed by atoms with Crippen LogP contribution in [-0.2, 0) is 14.3 Å². The molecule has 7 heteroatoms. The van der Waals surface area contributed by atoms with E-state index in [0.717, 1.165) is 17.7 Å². The van der Waals surface area contributed by atoms with Crippen LogP contribution in [0, 0.1) is 5.92 Å². The lowest BCUT2D eigenvalue weighted by Gasteiger charge is -2.30. The molecule has 6 nitrogen and oxygen atoms in total. The van der Waals surface area contributed by atoms with Crippen LogP contribution in [0.1, 0.15) is 38.8 Å². The molecule has 1 heterocycles. The molecule has 1 atom stereocenters. The summed E-state index contributed by atoms with van der Waals surface area (Å²) in [6.07, 6.45) is 1.01. The van der Waals surface area contributed by atoms with E-state index < -0.39 is 5.97 Å². The fourth-order valence-electron chi connectivity index (χ4n) is 2.68. The molecule has 2 rings (SSSR count). The van der Waals surface area contributed by atoms with Gasteiger partial charge in [0.1, 0.15) is 12.4 Å². The number of hydrogen-bond donors (Lipinski definition) is 2. The number of thiocarbonyl (C=S) groups is 1. The summed E-state index contributed by atoms with van der Waals surface area (Å²) in [4.78, 5) is 12.6. The molecule has 0 aromatic heterocycles. The largest absolute Gasteiger partial charge is 0.494 e. The number of hydrogen-bond acceptors (Lipinski definition) is 5. The third-order valence-corrected chi connectivity index (χ3v) is 4.41. The van der Waals surface area contributed by atoms with Gasteiger partial charge in [-0.2, -0.15) is 0 Å². The van der Waals surface area contributed by atoms with E-state index in [-0.39, 0.29) is 12.6 Å². The van der Waals surface area contributed by atoms with E-state index in [2.05, 4.69) is 24.5 Å². The molecule has 0 bridgehead atoms. The Bertz CT molecular complexity index is 686. The minimum absolute atomic E-state index is 0.200. The van der Waals surface area contributed by atoms with Crippen molar-refractivity contribution in [2.45, 2.75) is 33.2 Å². The van der Waals surface area contributed by atoms with Crippen LogP contribution in [0.25, 0.3) is 0 Å². The second-order valence-electron chi connectivity index (χ2n) is 6.80. The second kappa shape index (κ2) is 10.3. The van der Waals surface area contributed by atoms with Gasteiger partial charge in [0, 0.05) is 12.8 Å². The van der Waals surface area contributed by atoms with Crippen LogP contribution in [0.3, 0.4) is 0 Å². The van der Waals surface area contributed by atoms with Crippen molar-refractivity contribution in [1.29, 1.82) is 0 Å². The van der Waals surface area contributed by atoms with Gasteiger partial charge in [0.15, 0.2) is 5.11 Å². The lowest BCUT2D eigenvalue weighted by atomic mass is 9.95. The van der Waals surface area contributed by atoms with Crippen LogP contribution in [0.2, 0.25) is 0 Å². The van der Waals surface area contributed by atoms with E-state index in [1.54, 1.807) is 7.11 Å². The first-order valence-corrected chi connectivity index (χ1v) is 9.50. The molecule has 0 fully saturated rings. The Morgan fingerprint density at radius 1 is 1.19 bits per heavy atom. The molecule has 1 aromatic carbocycles. The van der Waals surface area contributed by atoms with Gasteiger partial charge in [-0.3, -0.25) is 0 Å². The smallest absolute Gasteiger partial charge is 0.338 e. The van der Waals surface area contributed by atoms with Crippen LogP contribution < -0.4 is 15.4 Å². The van der Waals surface area contributed by atoms with Crippen molar-refractivity contribution in [2.24, 2.45) is 5.92 Å². The molecule has 0 amide bonds. The van der Waals surface area contributed by atoms with E-state index in [1.165, 1.54) is 0 Å². The molecule has 27 heavy (non-hydrogen) atoms. The molecule has 1 aromatic rings. The predicted molar refractivity (Wildman–Crippen MR) is 109 cm³/mol. The van der Waals surface area contributed by atoms with Gasteiger partial charge in [0.2, 0.25) is 0 Å². The SMILES string of the molecule is COCCOC(=O)C1=C(C)NC(=S)N[C@@H]1c1ccc(OCCC(C)C)cc1. The third-order valence-electron chi connectivity index (χ3n) is 4.19. The van der Waals surface area contributed by atoms with Gasteiger partial charge in [-0.1, -0.05) is 26.0 Å². The predicted octanol–water partition coefficient (Wildman–Crippen LogP) is 3.09. The minimum Gasteiger partial charge on any atom is -0.494 e. The first-order chi connectivity index (χ1) is 12.9. The number of ether oxygens (including phenoxy) is 3. The summed E-state index contributed by atoms with van der Waals surface area (Å²) in [7, 11) is 1.56. The number of methoxy groups -OCH3 is 1. The number of esters is 1. The highest BCUT2D eigenvalue weighted by Crippen LogP contribution is 2.29. The summed E-state index contributed by atoms with van der Waals surface area (Å²) in [5.41, 5.74) is 2.10. The molecule has 0 aliphatic carbocycles. The first-order valence-electron chi connectivity index (χ1n) is 9.09. The van der Waals surface area contributed by atoms with Gasteiger partial charge in [-0.25, -0.2) is 4.79 Å². The number of allylic oxidation sites excluding steroid dienone is 1. The lowest BCUT2D eigenvalue weighted by Crippen LogP contribution is -2.45. The van der Waals surface area contributed by atoms with Crippen molar-refractivity contribution in [3.63, 3.8) is 0 Å². The summed E-state index contributed by atoms with van der Waals surface area (Å²) in [5.74, 6) is 1.01. The Labute approximate surface area is 166 Å². The number of carbonyl (C=O) groups is 1. The van der Waals surface area contributed by atoms with Crippen LogP contribution in [-0.4, -0.2) is 38.0 Å². The second-order valence-corrected chi connectivity index (χ2v) is 7.21. The molecule has 0 radical (unpaired) electrons. The Balaban J connectivity index is 2.14. The molecule has 148 valence electrons. The fraction of sp³-hybridized carbons (Fsp3) is 0.500. The van der Waals surface area contributed by atoms with Crippen molar-refractivity contribution in [3.8, 4) is 5.75 Å². The van der Waals surface area contributed by atoms with Crippen LogP contribution >= 0.6 is 12.2 Å². The van der Waals surface area contributed by atoms with Gasteiger partial charge in [0.25, 0.3) is 0 Å². The zero-order chi connectivity index (χ0) is 19.8. The summed E-state index contributed by atoms with van der Waals surface area (Å²) >= 11 is 5.26. The van der Waals surface area contributed by atoms with Crippen molar-refractivity contribution in [3.05, 3.63) is 41.1 Å². The van der Waals surface area contributed by atoms with Crippen LogP contribution in [0.4, 0.5) is 0 Å².